The molecule has 0 radical (unpaired) electrons. The molecular weight excluding hydrogens is 400 g/mol. The van der Waals surface area contributed by atoms with Crippen molar-refractivity contribution in [2.75, 3.05) is 32.8 Å². The van der Waals surface area contributed by atoms with Crippen LogP contribution in [0.1, 0.15) is 24.0 Å². The second-order valence-electron chi connectivity index (χ2n) is 6.99. The van der Waals surface area contributed by atoms with Crippen molar-refractivity contribution in [3.8, 4) is 17.2 Å². The highest BCUT2D eigenvalue weighted by atomic mass is 16.6. The van der Waals surface area contributed by atoms with Crippen molar-refractivity contribution in [1.29, 1.82) is 0 Å². The molecule has 2 aromatic rings. The van der Waals surface area contributed by atoms with Gasteiger partial charge in [-0.2, -0.15) is 0 Å². The van der Waals surface area contributed by atoms with E-state index in [2.05, 4.69) is 4.99 Å². The van der Waals surface area contributed by atoms with Crippen molar-refractivity contribution in [2.45, 2.75) is 12.8 Å². The van der Waals surface area contributed by atoms with E-state index in [0.29, 0.717) is 34.8 Å². The summed E-state index contributed by atoms with van der Waals surface area (Å²) in [5.74, 6) is 1.17. The largest absolute Gasteiger partial charge is 0.493 e. The first kappa shape index (κ1) is 20.5. The molecule has 0 aliphatic carbocycles. The molecule has 4 rings (SSSR count). The van der Waals surface area contributed by atoms with Crippen LogP contribution in [0.4, 0.5) is 5.69 Å². The van der Waals surface area contributed by atoms with Crippen molar-refractivity contribution < 1.29 is 28.5 Å². The average molecular weight is 422 g/mol. The maximum Gasteiger partial charge on any atom is 0.363 e. The minimum Gasteiger partial charge on any atom is -0.493 e. The van der Waals surface area contributed by atoms with Crippen molar-refractivity contribution in [3.05, 3.63) is 53.2 Å². The van der Waals surface area contributed by atoms with Crippen molar-refractivity contribution >= 4 is 29.5 Å². The second kappa shape index (κ2) is 8.51. The summed E-state index contributed by atoms with van der Waals surface area (Å²) in [6.07, 6.45) is 3.03. The number of rotatable bonds is 6. The number of anilines is 1. The summed E-state index contributed by atoms with van der Waals surface area (Å²) in [6, 6.07) is 10.7. The third-order valence-electron chi connectivity index (χ3n) is 5.11. The van der Waals surface area contributed by atoms with E-state index in [4.69, 9.17) is 18.9 Å². The van der Waals surface area contributed by atoms with Gasteiger partial charge in [-0.15, -0.1) is 0 Å². The van der Waals surface area contributed by atoms with Crippen LogP contribution in [-0.2, 0) is 14.3 Å². The van der Waals surface area contributed by atoms with E-state index in [1.165, 1.54) is 21.3 Å². The zero-order chi connectivity index (χ0) is 22.0. The van der Waals surface area contributed by atoms with Gasteiger partial charge in [0, 0.05) is 24.2 Å². The first-order chi connectivity index (χ1) is 15.0. The minimum absolute atomic E-state index is 0.118. The molecule has 0 atom stereocenters. The average Bonchev–Trinajstić information content (AvgIpc) is 3.38. The van der Waals surface area contributed by atoms with Crippen LogP contribution in [0.2, 0.25) is 0 Å². The second-order valence-corrected chi connectivity index (χ2v) is 6.99. The smallest absolute Gasteiger partial charge is 0.363 e. The Kier molecular flexibility index (Phi) is 5.62. The van der Waals surface area contributed by atoms with Crippen LogP contribution in [0, 0.1) is 0 Å². The first-order valence-electron chi connectivity index (χ1n) is 9.77. The quantitative estimate of drug-likeness (QED) is 0.525. The summed E-state index contributed by atoms with van der Waals surface area (Å²) >= 11 is 0. The van der Waals surface area contributed by atoms with Gasteiger partial charge in [-0.05, 0) is 54.5 Å². The van der Waals surface area contributed by atoms with Gasteiger partial charge in [0.1, 0.15) is 0 Å². The summed E-state index contributed by atoms with van der Waals surface area (Å²) in [4.78, 5) is 30.4. The molecule has 0 N–H and O–H groups in total. The Labute approximate surface area is 179 Å². The monoisotopic (exact) mass is 422 g/mol. The zero-order valence-electron chi connectivity index (χ0n) is 17.5. The predicted octanol–water partition coefficient (Wildman–Crippen LogP) is 3.18. The Bertz CT molecular complexity index is 1060. The van der Waals surface area contributed by atoms with Crippen LogP contribution in [0.5, 0.6) is 17.2 Å². The molecule has 8 nitrogen and oxygen atoms in total. The summed E-state index contributed by atoms with van der Waals surface area (Å²) < 4.78 is 21.4. The SMILES string of the molecule is COc1cc(/C=C2\N=C(c3ccc(N4CCCC4=O)cc3)OC2=O)cc(OC)c1OC. The lowest BCUT2D eigenvalue weighted by molar-refractivity contribution is -0.130. The number of carbonyl (C=O) groups excluding carboxylic acids is 2. The number of methoxy groups -OCH3 is 3. The number of carbonyl (C=O) groups is 2. The van der Waals surface area contributed by atoms with Crippen molar-refractivity contribution in [1.82, 2.24) is 0 Å². The van der Waals surface area contributed by atoms with E-state index in [1.54, 1.807) is 35.2 Å². The van der Waals surface area contributed by atoms with E-state index in [9.17, 15) is 9.59 Å². The number of hydrogen-bond acceptors (Lipinski definition) is 7. The minimum atomic E-state index is -0.553. The molecule has 0 saturated carbocycles. The molecule has 31 heavy (non-hydrogen) atoms. The molecular formula is C23H22N2O6. The highest BCUT2D eigenvalue weighted by Crippen LogP contribution is 2.39. The number of aliphatic imine (C=N–C) groups is 1. The Morgan fingerprint density at radius 3 is 2.23 bits per heavy atom. The molecule has 8 heteroatoms. The molecule has 1 fully saturated rings. The number of nitrogens with zero attached hydrogens (tertiary/aromatic N) is 2. The molecule has 0 unspecified atom stereocenters. The third kappa shape index (κ3) is 3.96. The standard InChI is InChI=1S/C23H22N2O6/c1-28-18-12-14(13-19(29-2)21(18)30-3)11-17-23(27)31-22(24-17)15-6-8-16(9-7-15)25-10-4-5-20(25)26/h6-9,11-13H,4-5,10H2,1-3H3/b17-11-. The van der Waals surface area contributed by atoms with E-state index in [0.717, 1.165) is 18.7 Å². The van der Waals surface area contributed by atoms with Gasteiger partial charge in [0.15, 0.2) is 17.2 Å². The van der Waals surface area contributed by atoms with Crippen LogP contribution in [0.15, 0.2) is 47.1 Å². The third-order valence-corrected chi connectivity index (χ3v) is 5.11. The van der Waals surface area contributed by atoms with Crippen LogP contribution >= 0.6 is 0 Å². The molecule has 1 saturated heterocycles. The molecule has 0 aromatic heterocycles. The van der Waals surface area contributed by atoms with E-state index in [1.807, 2.05) is 12.1 Å². The molecule has 0 bridgehead atoms. The lowest BCUT2D eigenvalue weighted by Gasteiger charge is -2.15. The summed E-state index contributed by atoms with van der Waals surface area (Å²) in [6.45, 7) is 0.718. The van der Waals surface area contributed by atoms with Crippen LogP contribution in [-0.4, -0.2) is 45.6 Å². The first-order valence-corrected chi connectivity index (χ1v) is 9.77. The van der Waals surface area contributed by atoms with Crippen molar-refractivity contribution in [3.63, 3.8) is 0 Å². The topological polar surface area (TPSA) is 86.7 Å². The highest BCUT2D eigenvalue weighted by Gasteiger charge is 2.26. The van der Waals surface area contributed by atoms with Crippen LogP contribution < -0.4 is 19.1 Å². The molecule has 2 aliphatic rings. The number of esters is 1. The maximum absolute atomic E-state index is 12.4. The van der Waals surface area contributed by atoms with Crippen molar-refractivity contribution in [2.24, 2.45) is 4.99 Å². The van der Waals surface area contributed by atoms with Gasteiger partial charge in [-0.25, -0.2) is 9.79 Å². The van der Waals surface area contributed by atoms with E-state index in [-0.39, 0.29) is 17.5 Å². The Morgan fingerprint density at radius 2 is 1.68 bits per heavy atom. The molecule has 0 spiro atoms. The number of hydrogen-bond donors (Lipinski definition) is 0. The van der Waals surface area contributed by atoms with Gasteiger partial charge in [-0.3, -0.25) is 4.79 Å². The summed E-state index contributed by atoms with van der Waals surface area (Å²) in [5.41, 5.74) is 2.28. The fraction of sp³-hybridized carbons (Fsp3) is 0.261. The highest BCUT2D eigenvalue weighted by molar-refractivity contribution is 6.13. The number of benzene rings is 2. The Balaban J connectivity index is 1.61. The molecule has 160 valence electrons. The van der Waals surface area contributed by atoms with E-state index >= 15 is 0 Å². The van der Waals surface area contributed by atoms with Gasteiger partial charge in [0.05, 0.1) is 21.3 Å². The predicted molar refractivity (Wildman–Crippen MR) is 115 cm³/mol. The van der Waals surface area contributed by atoms with Gasteiger partial charge >= 0.3 is 5.97 Å². The summed E-state index contributed by atoms with van der Waals surface area (Å²) in [5, 5.41) is 0. The maximum atomic E-state index is 12.4. The fourth-order valence-electron chi connectivity index (χ4n) is 3.58. The fourth-order valence-corrected chi connectivity index (χ4v) is 3.58. The van der Waals surface area contributed by atoms with Gasteiger partial charge in [0.2, 0.25) is 17.6 Å². The number of cyclic esters (lactones) is 1. The summed E-state index contributed by atoms with van der Waals surface area (Å²) in [7, 11) is 4.57. The lowest BCUT2D eigenvalue weighted by atomic mass is 10.1. The Hall–Kier alpha value is -3.81. The van der Waals surface area contributed by atoms with Crippen LogP contribution in [0.3, 0.4) is 0 Å². The zero-order valence-corrected chi connectivity index (χ0v) is 17.5. The lowest BCUT2D eigenvalue weighted by Crippen LogP contribution is -2.23. The van der Waals surface area contributed by atoms with Gasteiger partial charge in [0.25, 0.3) is 0 Å². The van der Waals surface area contributed by atoms with E-state index < -0.39 is 5.97 Å². The van der Waals surface area contributed by atoms with Gasteiger partial charge < -0.3 is 23.8 Å². The van der Waals surface area contributed by atoms with Crippen LogP contribution in [0.25, 0.3) is 6.08 Å². The molecule has 2 aromatic carbocycles. The van der Waals surface area contributed by atoms with Gasteiger partial charge in [-0.1, -0.05) is 0 Å². The molecule has 2 heterocycles. The Morgan fingerprint density at radius 1 is 1.00 bits per heavy atom. The normalized spacial score (nSPS) is 17.1. The molecule has 2 aliphatic heterocycles. The number of ether oxygens (including phenoxy) is 4. The number of amides is 1. The molecule has 1 amide bonds.